The summed E-state index contributed by atoms with van der Waals surface area (Å²) in [5.74, 6) is 2.16. The molecule has 1 aromatic carbocycles. The van der Waals surface area contributed by atoms with Crippen LogP contribution in [0.2, 0.25) is 5.02 Å². The minimum absolute atomic E-state index is 0.551. The van der Waals surface area contributed by atoms with Crippen LogP contribution in [-0.2, 0) is 6.54 Å². The molecule has 0 radical (unpaired) electrons. The summed E-state index contributed by atoms with van der Waals surface area (Å²) in [7, 11) is 3.63. The molecule has 0 aliphatic carbocycles. The van der Waals surface area contributed by atoms with Crippen molar-refractivity contribution in [3.05, 3.63) is 22.7 Å². The Hall–Kier alpha value is -1.62. The number of methoxy groups -OCH3 is 1. The van der Waals surface area contributed by atoms with Gasteiger partial charge in [0.1, 0.15) is 0 Å². The van der Waals surface area contributed by atoms with Crippen LogP contribution in [0, 0.1) is 0 Å². The number of aliphatic imine (C=N–C) groups is 1. The van der Waals surface area contributed by atoms with Gasteiger partial charge in [0.25, 0.3) is 0 Å². The van der Waals surface area contributed by atoms with E-state index in [0.29, 0.717) is 29.7 Å². The quantitative estimate of drug-likeness (QED) is 0.904. The van der Waals surface area contributed by atoms with Crippen molar-refractivity contribution in [2.75, 3.05) is 33.9 Å². The van der Waals surface area contributed by atoms with Crippen molar-refractivity contribution >= 4 is 17.6 Å². The van der Waals surface area contributed by atoms with Gasteiger partial charge in [-0.2, -0.15) is 0 Å². The molecule has 0 bridgehead atoms. The summed E-state index contributed by atoms with van der Waals surface area (Å²) in [6.07, 6.45) is 0. The predicted molar refractivity (Wildman–Crippen MR) is 80.9 cm³/mol. The van der Waals surface area contributed by atoms with E-state index in [0.717, 1.165) is 24.6 Å². The molecule has 0 amide bonds. The normalized spacial score (nSPS) is 14.2. The summed E-state index contributed by atoms with van der Waals surface area (Å²) in [5, 5.41) is 3.86. The van der Waals surface area contributed by atoms with Crippen LogP contribution in [0.25, 0.3) is 0 Å². The number of hydrogen-bond acceptors (Lipinski definition) is 5. The van der Waals surface area contributed by atoms with Crippen molar-refractivity contribution in [2.24, 2.45) is 4.99 Å². The van der Waals surface area contributed by atoms with Gasteiger partial charge < -0.3 is 19.7 Å². The zero-order valence-electron chi connectivity index (χ0n) is 12.1. The van der Waals surface area contributed by atoms with Gasteiger partial charge in [-0.1, -0.05) is 11.6 Å². The average Bonchev–Trinajstić information content (AvgIpc) is 2.84. The van der Waals surface area contributed by atoms with E-state index in [1.165, 1.54) is 0 Å². The van der Waals surface area contributed by atoms with Gasteiger partial charge in [0.15, 0.2) is 17.5 Å². The van der Waals surface area contributed by atoms with Gasteiger partial charge in [-0.15, -0.1) is 0 Å². The molecular formula is C14H20ClN3O2. The van der Waals surface area contributed by atoms with Crippen LogP contribution in [0.1, 0.15) is 12.5 Å². The largest absolute Gasteiger partial charge is 0.493 e. The molecule has 0 unspecified atom stereocenters. The lowest BCUT2D eigenvalue weighted by atomic mass is 10.2. The van der Waals surface area contributed by atoms with E-state index in [9.17, 15) is 0 Å². The number of guanidine groups is 1. The number of benzene rings is 1. The fourth-order valence-corrected chi connectivity index (χ4v) is 2.35. The topological polar surface area (TPSA) is 46.1 Å². The molecule has 20 heavy (non-hydrogen) atoms. The minimum Gasteiger partial charge on any atom is -0.493 e. The molecule has 1 N–H and O–H groups in total. The van der Waals surface area contributed by atoms with Crippen LogP contribution in [-0.4, -0.2) is 44.7 Å². The molecule has 1 heterocycles. The van der Waals surface area contributed by atoms with Crippen molar-refractivity contribution in [2.45, 2.75) is 13.5 Å². The van der Waals surface area contributed by atoms with Crippen LogP contribution in [0.15, 0.2) is 17.1 Å². The second-order valence-corrected chi connectivity index (χ2v) is 4.93. The van der Waals surface area contributed by atoms with Gasteiger partial charge in [-0.05, 0) is 24.6 Å². The Labute approximate surface area is 124 Å². The molecule has 0 spiro atoms. The highest BCUT2D eigenvalue weighted by Gasteiger charge is 2.14. The smallest absolute Gasteiger partial charge is 0.194 e. The zero-order chi connectivity index (χ0) is 14.5. The number of likely N-dealkylation sites (N-methyl/N-ethyl adjacent to an activating group) is 1. The zero-order valence-corrected chi connectivity index (χ0v) is 12.8. The first-order valence-corrected chi connectivity index (χ1v) is 7.02. The molecule has 0 atom stereocenters. The van der Waals surface area contributed by atoms with E-state index in [-0.39, 0.29) is 0 Å². The number of nitrogens with one attached hydrogen (secondary N) is 1. The van der Waals surface area contributed by atoms with Crippen LogP contribution >= 0.6 is 11.6 Å². The first-order chi connectivity index (χ1) is 9.65. The molecule has 0 saturated carbocycles. The monoisotopic (exact) mass is 297 g/mol. The highest BCUT2D eigenvalue weighted by Crippen LogP contribution is 2.36. The van der Waals surface area contributed by atoms with E-state index >= 15 is 0 Å². The lowest BCUT2D eigenvalue weighted by Crippen LogP contribution is -2.35. The van der Waals surface area contributed by atoms with E-state index < -0.39 is 0 Å². The summed E-state index contributed by atoms with van der Waals surface area (Å²) in [5.41, 5.74) is 1.03. The standard InChI is InChI=1S/C14H20ClN3O2/c1-4-20-13-11(15)7-10(8-12(13)19-3)9-17-14-16-5-6-18(14)2/h7-8H,4-6,9H2,1-3H3,(H,16,17). The summed E-state index contributed by atoms with van der Waals surface area (Å²) in [6.45, 7) is 4.90. The SMILES string of the molecule is CCOc1c(Cl)cc(CNC2=NCCN2C)cc1OC. The Bertz CT molecular complexity index is 505. The Kier molecular flexibility index (Phi) is 4.95. The maximum absolute atomic E-state index is 6.24. The molecule has 1 aliphatic heterocycles. The number of halogens is 1. The van der Waals surface area contributed by atoms with E-state index in [4.69, 9.17) is 21.1 Å². The summed E-state index contributed by atoms with van der Waals surface area (Å²) >= 11 is 6.24. The summed E-state index contributed by atoms with van der Waals surface area (Å²) in [4.78, 5) is 6.48. The average molecular weight is 298 g/mol. The first-order valence-electron chi connectivity index (χ1n) is 6.64. The highest BCUT2D eigenvalue weighted by atomic mass is 35.5. The van der Waals surface area contributed by atoms with Gasteiger partial charge in [0.2, 0.25) is 0 Å². The van der Waals surface area contributed by atoms with Gasteiger partial charge in [-0.3, -0.25) is 4.99 Å². The molecular weight excluding hydrogens is 278 g/mol. The molecule has 0 saturated heterocycles. The molecule has 2 rings (SSSR count). The van der Waals surface area contributed by atoms with Crippen molar-refractivity contribution in [3.8, 4) is 11.5 Å². The maximum Gasteiger partial charge on any atom is 0.194 e. The van der Waals surface area contributed by atoms with Crippen LogP contribution in [0.3, 0.4) is 0 Å². The summed E-state index contributed by atoms with van der Waals surface area (Å²) < 4.78 is 10.8. The number of hydrogen-bond donors (Lipinski definition) is 1. The fraction of sp³-hybridized carbons (Fsp3) is 0.500. The van der Waals surface area contributed by atoms with Gasteiger partial charge >= 0.3 is 0 Å². The predicted octanol–water partition coefficient (Wildman–Crippen LogP) is 2.14. The Balaban J connectivity index is 2.10. The molecule has 110 valence electrons. The number of nitrogens with zero attached hydrogens (tertiary/aromatic N) is 2. The van der Waals surface area contributed by atoms with Crippen molar-refractivity contribution in [1.82, 2.24) is 10.2 Å². The first kappa shape index (κ1) is 14.8. The van der Waals surface area contributed by atoms with Crippen LogP contribution in [0.4, 0.5) is 0 Å². The van der Waals surface area contributed by atoms with Crippen LogP contribution < -0.4 is 14.8 Å². The third kappa shape index (κ3) is 3.28. The molecule has 1 aliphatic rings. The fourth-order valence-electron chi connectivity index (χ4n) is 2.06. The second kappa shape index (κ2) is 6.70. The Morgan fingerprint density at radius 1 is 1.45 bits per heavy atom. The molecule has 5 nitrogen and oxygen atoms in total. The Morgan fingerprint density at radius 3 is 2.85 bits per heavy atom. The van der Waals surface area contributed by atoms with E-state index in [1.54, 1.807) is 7.11 Å². The molecule has 6 heteroatoms. The van der Waals surface area contributed by atoms with Crippen molar-refractivity contribution < 1.29 is 9.47 Å². The number of ether oxygens (including phenoxy) is 2. The molecule has 0 fully saturated rings. The third-order valence-corrected chi connectivity index (χ3v) is 3.37. The molecule has 1 aromatic rings. The Morgan fingerprint density at radius 2 is 2.25 bits per heavy atom. The van der Waals surface area contributed by atoms with E-state index in [1.807, 2.05) is 26.1 Å². The highest BCUT2D eigenvalue weighted by molar-refractivity contribution is 6.32. The number of rotatable bonds is 5. The third-order valence-electron chi connectivity index (χ3n) is 3.09. The lowest BCUT2D eigenvalue weighted by Gasteiger charge is -2.17. The van der Waals surface area contributed by atoms with Gasteiger partial charge in [0.05, 0.1) is 25.3 Å². The molecule has 0 aromatic heterocycles. The summed E-state index contributed by atoms with van der Waals surface area (Å²) in [6, 6.07) is 3.82. The van der Waals surface area contributed by atoms with E-state index in [2.05, 4.69) is 15.2 Å². The lowest BCUT2D eigenvalue weighted by molar-refractivity contribution is 0.311. The van der Waals surface area contributed by atoms with Gasteiger partial charge in [-0.25, -0.2) is 0 Å². The van der Waals surface area contributed by atoms with Crippen molar-refractivity contribution in [1.29, 1.82) is 0 Å². The van der Waals surface area contributed by atoms with Crippen LogP contribution in [0.5, 0.6) is 11.5 Å². The maximum atomic E-state index is 6.24. The van der Waals surface area contributed by atoms with Gasteiger partial charge in [0, 0.05) is 20.1 Å². The second-order valence-electron chi connectivity index (χ2n) is 4.52. The van der Waals surface area contributed by atoms with Crippen molar-refractivity contribution in [3.63, 3.8) is 0 Å². The minimum atomic E-state index is 0.551.